The van der Waals surface area contributed by atoms with Crippen molar-refractivity contribution in [2.45, 2.75) is 38.6 Å². The number of piperidine rings is 1. The van der Waals surface area contributed by atoms with Crippen LogP contribution < -0.4 is 10.2 Å². The number of halogens is 1. The Labute approximate surface area is 212 Å². The van der Waals surface area contributed by atoms with Crippen LogP contribution in [-0.4, -0.2) is 40.2 Å². The lowest BCUT2D eigenvalue weighted by molar-refractivity contribution is 0.0968. The zero-order valence-corrected chi connectivity index (χ0v) is 20.7. The molecule has 1 fully saturated rings. The fourth-order valence-corrected chi connectivity index (χ4v) is 5.48. The van der Waals surface area contributed by atoms with Gasteiger partial charge in [0.1, 0.15) is 21.7 Å². The highest BCUT2D eigenvalue weighted by Crippen LogP contribution is 2.33. The Kier molecular flexibility index (Phi) is 6.98. The average molecular weight is 501 g/mol. The molecule has 1 atom stereocenters. The van der Waals surface area contributed by atoms with E-state index in [1.165, 1.54) is 23.5 Å². The first-order chi connectivity index (χ1) is 17.6. The first-order valence-electron chi connectivity index (χ1n) is 11.9. The average Bonchev–Trinajstić information content (AvgIpc) is 3.37. The first kappa shape index (κ1) is 24.0. The monoisotopic (exact) mass is 500 g/mol. The number of carbonyl (C=O) groups excluding carboxylic acids is 1. The molecule has 2 aromatic heterocycles. The van der Waals surface area contributed by atoms with E-state index in [1.807, 2.05) is 31.2 Å². The fraction of sp³-hybridized carbons (Fsp3) is 0.296. The zero-order chi connectivity index (χ0) is 25.1. The van der Waals surface area contributed by atoms with Crippen molar-refractivity contribution in [3.05, 3.63) is 70.6 Å². The maximum absolute atomic E-state index is 15.5. The lowest BCUT2D eigenvalue weighted by Crippen LogP contribution is -2.49. The number of pyridine rings is 1. The van der Waals surface area contributed by atoms with Crippen LogP contribution in [0.4, 0.5) is 10.2 Å². The van der Waals surface area contributed by atoms with Gasteiger partial charge in [-0.15, -0.1) is 10.2 Å². The molecule has 1 aliphatic heterocycles. The standard InChI is InChI=1S/C27H25FN6OS/c1-17-5-2-6-18-11-14-31-25(24(17)18)34(20-7-4-13-30-16-20)27(35)21-10-9-19(15-22(21)28)26-33-32-23(36-26)8-3-12-29/h2,5-6,9-11,14-15,20,30H,3-4,7-8,13,16H2,1H3/t20-/m1/s1. The van der Waals surface area contributed by atoms with Gasteiger partial charge in [0.05, 0.1) is 17.7 Å². The van der Waals surface area contributed by atoms with E-state index in [-0.39, 0.29) is 11.6 Å². The molecule has 2 aromatic carbocycles. The number of aryl methyl sites for hydroxylation is 2. The van der Waals surface area contributed by atoms with Crippen molar-refractivity contribution in [1.29, 1.82) is 5.26 Å². The minimum atomic E-state index is -0.614. The van der Waals surface area contributed by atoms with Gasteiger partial charge in [-0.25, -0.2) is 9.37 Å². The summed E-state index contributed by atoms with van der Waals surface area (Å²) in [6, 6.07) is 14.4. The molecule has 7 nitrogen and oxygen atoms in total. The number of aromatic nitrogens is 3. The van der Waals surface area contributed by atoms with E-state index >= 15 is 4.39 Å². The van der Waals surface area contributed by atoms with Crippen LogP contribution in [0.25, 0.3) is 21.3 Å². The Bertz CT molecular complexity index is 1450. The van der Waals surface area contributed by atoms with Crippen molar-refractivity contribution in [3.63, 3.8) is 0 Å². The molecule has 0 unspecified atom stereocenters. The molecular weight excluding hydrogens is 475 g/mol. The normalized spacial score (nSPS) is 15.5. The lowest BCUT2D eigenvalue weighted by Gasteiger charge is -2.35. The Balaban J connectivity index is 1.53. The molecule has 1 amide bonds. The molecule has 4 aromatic rings. The molecule has 1 saturated heterocycles. The Hall–Kier alpha value is -3.74. The van der Waals surface area contributed by atoms with Crippen molar-refractivity contribution < 1.29 is 9.18 Å². The summed E-state index contributed by atoms with van der Waals surface area (Å²) in [5, 5.41) is 23.5. The summed E-state index contributed by atoms with van der Waals surface area (Å²) in [6.45, 7) is 3.51. The fourth-order valence-electron chi connectivity index (χ4n) is 4.64. The van der Waals surface area contributed by atoms with Gasteiger partial charge in [0.25, 0.3) is 5.91 Å². The highest BCUT2D eigenvalue weighted by Gasteiger charge is 2.31. The number of amides is 1. The van der Waals surface area contributed by atoms with Crippen LogP contribution >= 0.6 is 11.3 Å². The molecule has 3 heterocycles. The summed E-state index contributed by atoms with van der Waals surface area (Å²) in [5.74, 6) is -0.473. The molecule has 182 valence electrons. The number of carbonyl (C=O) groups is 1. The third-order valence-corrected chi connectivity index (χ3v) is 7.46. The van der Waals surface area contributed by atoms with Gasteiger partial charge >= 0.3 is 0 Å². The van der Waals surface area contributed by atoms with E-state index in [0.29, 0.717) is 35.8 Å². The van der Waals surface area contributed by atoms with E-state index in [1.54, 1.807) is 17.2 Å². The number of nitrogens with one attached hydrogen (secondary N) is 1. The van der Waals surface area contributed by atoms with Gasteiger partial charge in [0.15, 0.2) is 0 Å². The van der Waals surface area contributed by atoms with Crippen LogP contribution in [0.15, 0.2) is 48.7 Å². The summed E-state index contributed by atoms with van der Waals surface area (Å²) in [6.07, 6.45) is 4.29. The van der Waals surface area contributed by atoms with Crippen molar-refractivity contribution in [1.82, 2.24) is 20.5 Å². The van der Waals surface area contributed by atoms with Crippen LogP contribution in [0.1, 0.15) is 40.2 Å². The van der Waals surface area contributed by atoms with Crippen LogP contribution in [0, 0.1) is 24.1 Å². The van der Waals surface area contributed by atoms with Crippen LogP contribution in [0.5, 0.6) is 0 Å². The number of nitrogens with zero attached hydrogens (tertiary/aromatic N) is 5. The smallest absolute Gasteiger partial charge is 0.262 e. The molecule has 9 heteroatoms. The number of hydrogen-bond acceptors (Lipinski definition) is 7. The van der Waals surface area contributed by atoms with E-state index in [0.717, 1.165) is 40.7 Å². The Morgan fingerprint density at radius 3 is 2.94 bits per heavy atom. The highest BCUT2D eigenvalue weighted by atomic mass is 32.1. The van der Waals surface area contributed by atoms with Gasteiger partial charge in [-0.2, -0.15) is 5.26 Å². The lowest BCUT2D eigenvalue weighted by atomic mass is 10.0. The van der Waals surface area contributed by atoms with Crippen LogP contribution in [0.2, 0.25) is 0 Å². The highest BCUT2D eigenvalue weighted by molar-refractivity contribution is 7.14. The predicted molar refractivity (Wildman–Crippen MR) is 138 cm³/mol. The van der Waals surface area contributed by atoms with Crippen LogP contribution in [-0.2, 0) is 6.42 Å². The minimum absolute atomic E-state index is 0.00840. The summed E-state index contributed by atoms with van der Waals surface area (Å²) < 4.78 is 15.5. The summed E-state index contributed by atoms with van der Waals surface area (Å²) in [5.41, 5.74) is 1.55. The molecule has 0 radical (unpaired) electrons. The van der Waals surface area contributed by atoms with E-state index in [2.05, 4.69) is 26.6 Å². The SMILES string of the molecule is Cc1cccc2ccnc(N(C(=O)c3ccc(-c4nnc(CCC#N)s4)cc3F)[C@@H]3CCCNC3)c12. The second-order valence-corrected chi connectivity index (χ2v) is 9.90. The summed E-state index contributed by atoms with van der Waals surface area (Å²) in [7, 11) is 0. The Morgan fingerprint density at radius 2 is 2.17 bits per heavy atom. The molecular formula is C27H25FN6OS. The first-order valence-corrected chi connectivity index (χ1v) is 12.8. The van der Waals surface area contributed by atoms with Gasteiger partial charge in [-0.3, -0.25) is 9.69 Å². The molecule has 1 aliphatic rings. The van der Waals surface area contributed by atoms with Crippen molar-refractivity contribution in [2.24, 2.45) is 0 Å². The number of anilines is 1. The zero-order valence-electron chi connectivity index (χ0n) is 19.9. The third-order valence-electron chi connectivity index (χ3n) is 6.43. The topological polar surface area (TPSA) is 94.8 Å². The van der Waals surface area contributed by atoms with E-state index < -0.39 is 11.7 Å². The van der Waals surface area contributed by atoms with Crippen molar-refractivity contribution >= 4 is 33.8 Å². The van der Waals surface area contributed by atoms with Gasteiger partial charge in [0.2, 0.25) is 0 Å². The molecule has 36 heavy (non-hydrogen) atoms. The molecule has 5 rings (SSSR count). The van der Waals surface area contributed by atoms with Gasteiger partial charge < -0.3 is 5.32 Å². The van der Waals surface area contributed by atoms with Gasteiger partial charge in [-0.05, 0) is 55.5 Å². The van der Waals surface area contributed by atoms with Crippen molar-refractivity contribution in [3.8, 4) is 16.6 Å². The predicted octanol–water partition coefficient (Wildman–Crippen LogP) is 5.06. The van der Waals surface area contributed by atoms with Crippen LogP contribution in [0.3, 0.4) is 0 Å². The maximum Gasteiger partial charge on any atom is 0.262 e. The molecule has 1 N–H and O–H groups in total. The minimum Gasteiger partial charge on any atom is -0.315 e. The molecule has 0 aliphatic carbocycles. The summed E-state index contributed by atoms with van der Waals surface area (Å²) in [4.78, 5) is 20.3. The second kappa shape index (κ2) is 10.5. The quantitative estimate of drug-likeness (QED) is 0.398. The van der Waals surface area contributed by atoms with Crippen molar-refractivity contribution in [2.75, 3.05) is 18.0 Å². The maximum atomic E-state index is 15.5. The third kappa shape index (κ3) is 4.70. The second-order valence-electron chi connectivity index (χ2n) is 8.84. The Morgan fingerprint density at radius 1 is 1.28 bits per heavy atom. The summed E-state index contributed by atoms with van der Waals surface area (Å²) >= 11 is 1.32. The molecule has 0 bridgehead atoms. The molecule has 0 saturated carbocycles. The largest absolute Gasteiger partial charge is 0.315 e. The number of nitriles is 1. The number of hydrogen-bond donors (Lipinski definition) is 1. The van der Waals surface area contributed by atoms with Gasteiger partial charge in [-0.1, -0.05) is 35.6 Å². The number of benzene rings is 2. The van der Waals surface area contributed by atoms with Gasteiger partial charge in [0, 0.05) is 36.5 Å². The number of fused-ring (bicyclic) bond motifs is 1. The molecule has 0 spiro atoms. The number of rotatable bonds is 6. The van der Waals surface area contributed by atoms with E-state index in [9.17, 15) is 4.79 Å². The van der Waals surface area contributed by atoms with E-state index in [4.69, 9.17) is 5.26 Å².